The number of rotatable bonds is 2. The number of pyridine rings is 1. The summed E-state index contributed by atoms with van der Waals surface area (Å²) in [4.78, 5) is 16.3. The SMILES string of the molecule is Cc1ccnc(Cl)c1NC(=O)C1Cc2ccccc21. The molecule has 1 amide bonds. The normalized spacial score (nSPS) is 16.4. The van der Waals surface area contributed by atoms with Crippen molar-refractivity contribution in [3.8, 4) is 0 Å². The maximum atomic E-state index is 12.3. The van der Waals surface area contributed by atoms with Gasteiger partial charge in [-0.25, -0.2) is 4.98 Å². The Balaban J connectivity index is 1.81. The van der Waals surface area contributed by atoms with E-state index in [-0.39, 0.29) is 11.8 Å². The van der Waals surface area contributed by atoms with Crippen LogP contribution in [0.3, 0.4) is 0 Å². The van der Waals surface area contributed by atoms with Crippen molar-refractivity contribution in [2.24, 2.45) is 0 Å². The van der Waals surface area contributed by atoms with E-state index < -0.39 is 0 Å². The van der Waals surface area contributed by atoms with Crippen molar-refractivity contribution >= 4 is 23.2 Å². The van der Waals surface area contributed by atoms with Crippen LogP contribution in [0, 0.1) is 6.92 Å². The molecule has 1 aliphatic rings. The number of nitrogens with zero attached hydrogens (tertiary/aromatic N) is 1. The Morgan fingerprint density at radius 1 is 1.37 bits per heavy atom. The van der Waals surface area contributed by atoms with Crippen LogP contribution in [0.5, 0.6) is 0 Å². The first kappa shape index (κ1) is 12.2. The lowest BCUT2D eigenvalue weighted by molar-refractivity contribution is -0.118. The summed E-state index contributed by atoms with van der Waals surface area (Å²) >= 11 is 6.01. The van der Waals surface area contributed by atoms with Crippen molar-refractivity contribution in [2.75, 3.05) is 5.32 Å². The zero-order chi connectivity index (χ0) is 13.4. The lowest BCUT2D eigenvalue weighted by Gasteiger charge is -2.29. The third-order valence-corrected chi connectivity index (χ3v) is 3.82. The third kappa shape index (κ3) is 2.10. The number of amides is 1. The number of anilines is 1. The van der Waals surface area contributed by atoms with Gasteiger partial charge in [0.15, 0.2) is 5.15 Å². The standard InChI is InChI=1S/C15H13ClN2O/c1-9-6-7-17-14(16)13(9)18-15(19)12-8-10-4-2-3-5-11(10)12/h2-7,12H,8H2,1H3,(H,18,19). The molecule has 0 radical (unpaired) electrons. The number of halogens is 1. The predicted octanol–water partition coefficient (Wildman–Crippen LogP) is 3.32. The minimum atomic E-state index is -0.0770. The van der Waals surface area contributed by atoms with Gasteiger partial charge in [0.05, 0.1) is 11.6 Å². The molecule has 1 unspecified atom stereocenters. The van der Waals surface area contributed by atoms with E-state index >= 15 is 0 Å². The highest BCUT2D eigenvalue weighted by molar-refractivity contribution is 6.32. The van der Waals surface area contributed by atoms with Crippen molar-refractivity contribution in [1.82, 2.24) is 4.98 Å². The first-order valence-electron chi connectivity index (χ1n) is 6.16. The van der Waals surface area contributed by atoms with E-state index in [2.05, 4.69) is 16.4 Å². The summed E-state index contributed by atoms with van der Waals surface area (Å²) in [6.45, 7) is 1.90. The minimum absolute atomic E-state index is 0.0169. The number of carbonyl (C=O) groups excluding carboxylic acids is 1. The van der Waals surface area contributed by atoms with Crippen molar-refractivity contribution in [1.29, 1.82) is 0 Å². The average Bonchev–Trinajstić information content (AvgIpc) is 2.35. The molecule has 1 atom stereocenters. The molecule has 0 aliphatic heterocycles. The molecule has 0 saturated carbocycles. The molecule has 1 heterocycles. The van der Waals surface area contributed by atoms with Crippen molar-refractivity contribution in [3.05, 3.63) is 58.4 Å². The Morgan fingerprint density at radius 3 is 2.89 bits per heavy atom. The largest absolute Gasteiger partial charge is 0.323 e. The van der Waals surface area contributed by atoms with Gasteiger partial charge in [0.25, 0.3) is 0 Å². The van der Waals surface area contributed by atoms with E-state index in [9.17, 15) is 4.79 Å². The molecular formula is C15H13ClN2O. The van der Waals surface area contributed by atoms with Crippen molar-refractivity contribution in [2.45, 2.75) is 19.3 Å². The van der Waals surface area contributed by atoms with Crippen molar-refractivity contribution < 1.29 is 4.79 Å². The van der Waals surface area contributed by atoms with Gasteiger partial charge in [0.2, 0.25) is 5.91 Å². The molecule has 96 valence electrons. The van der Waals surface area contributed by atoms with E-state index in [0.717, 1.165) is 17.5 Å². The van der Waals surface area contributed by atoms with Gasteiger partial charge in [-0.15, -0.1) is 0 Å². The van der Waals surface area contributed by atoms with Crippen molar-refractivity contribution in [3.63, 3.8) is 0 Å². The molecule has 1 aromatic heterocycles. The second-order valence-corrected chi connectivity index (χ2v) is 5.10. The number of hydrogen-bond acceptors (Lipinski definition) is 2. The molecule has 19 heavy (non-hydrogen) atoms. The van der Waals surface area contributed by atoms with E-state index in [1.807, 2.05) is 31.2 Å². The molecule has 4 heteroatoms. The van der Waals surface area contributed by atoms with Crippen LogP contribution >= 0.6 is 11.6 Å². The number of fused-ring (bicyclic) bond motifs is 1. The van der Waals surface area contributed by atoms with Crippen LogP contribution in [0.1, 0.15) is 22.6 Å². The highest BCUT2D eigenvalue weighted by Crippen LogP contribution is 2.36. The summed E-state index contributed by atoms with van der Waals surface area (Å²) < 4.78 is 0. The van der Waals surface area contributed by atoms with Gasteiger partial charge in [0.1, 0.15) is 0 Å². The van der Waals surface area contributed by atoms with E-state index in [1.165, 1.54) is 5.56 Å². The number of nitrogens with one attached hydrogen (secondary N) is 1. The number of hydrogen-bond donors (Lipinski definition) is 1. The van der Waals surface area contributed by atoms with E-state index in [0.29, 0.717) is 10.8 Å². The number of carbonyl (C=O) groups is 1. The fourth-order valence-corrected chi connectivity index (χ4v) is 2.63. The predicted molar refractivity (Wildman–Crippen MR) is 75.5 cm³/mol. The van der Waals surface area contributed by atoms with E-state index in [4.69, 9.17) is 11.6 Å². The maximum absolute atomic E-state index is 12.3. The number of aromatic nitrogens is 1. The van der Waals surface area contributed by atoms with Crippen LogP contribution in [-0.2, 0) is 11.2 Å². The Kier molecular flexibility index (Phi) is 2.99. The monoisotopic (exact) mass is 272 g/mol. The summed E-state index contributed by atoms with van der Waals surface area (Å²) in [5.41, 5.74) is 3.88. The summed E-state index contributed by atoms with van der Waals surface area (Å²) in [6, 6.07) is 9.84. The molecule has 0 saturated heterocycles. The summed E-state index contributed by atoms with van der Waals surface area (Å²) in [5, 5.41) is 3.22. The third-order valence-electron chi connectivity index (χ3n) is 3.53. The van der Waals surface area contributed by atoms with Crippen LogP contribution in [0.25, 0.3) is 0 Å². The number of benzene rings is 1. The quantitative estimate of drug-likeness (QED) is 0.852. The summed E-state index contributed by atoms with van der Waals surface area (Å²) in [6.07, 6.45) is 2.42. The van der Waals surface area contributed by atoms with Gasteiger partial charge in [-0.3, -0.25) is 4.79 Å². The molecule has 3 rings (SSSR count). The molecule has 1 aliphatic carbocycles. The molecular weight excluding hydrogens is 260 g/mol. The van der Waals surface area contributed by atoms with Gasteiger partial charge >= 0.3 is 0 Å². The second kappa shape index (κ2) is 4.67. The summed E-state index contributed by atoms with van der Waals surface area (Å²) in [5.74, 6) is -0.0939. The minimum Gasteiger partial charge on any atom is -0.323 e. The smallest absolute Gasteiger partial charge is 0.232 e. The Labute approximate surface area is 116 Å². The molecule has 0 bridgehead atoms. The topological polar surface area (TPSA) is 42.0 Å². The van der Waals surface area contributed by atoms with Crippen LogP contribution in [-0.4, -0.2) is 10.9 Å². The summed E-state index contributed by atoms with van der Waals surface area (Å²) in [7, 11) is 0. The van der Waals surface area contributed by atoms with Crippen LogP contribution in [0.2, 0.25) is 5.15 Å². The first-order chi connectivity index (χ1) is 9.16. The molecule has 2 aromatic rings. The van der Waals surface area contributed by atoms with Gasteiger partial charge in [-0.05, 0) is 36.1 Å². The number of aryl methyl sites for hydroxylation is 1. The fourth-order valence-electron chi connectivity index (χ4n) is 2.38. The highest BCUT2D eigenvalue weighted by Gasteiger charge is 2.32. The average molecular weight is 273 g/mol. The van der Waals surface area contributed by atoms with Gasteiger partial charge in [0, 0.05) is 6.20 Å². The van der Waals surface area contributed by atoms with Crippen LogP contribution in [0.15, 0.2) is 36.5 Å². The lowest BCUT2D eigenvalue weighted by atomic mass is 9.77. The zero-order valence-corrected chi connectivity index (χ0v) is 11.2. The molecule has 3 nitrogen and oxygen atoms in total. The fraction of sp³-hybridized carbons (Fsp3) is 0.200. The lowest BCUT2D eigenvalue weighted by Crippen LogP contribution is -2.30. The molecule has 1 N–H and O–H groups in total. The Hall–Kier alpha value is -1.87. The maximum Gasteiger partial charge on any atom is 0.232 e. The van der Waals surface area contributed by atoms with Gasteiger partial charge < -0.3 is 5.32 Å². The van der Waals surface area contributed by atoms with E-state index in [1.54, 1.807) is 6.20 Å². The Bertz CT molecular complexity index is 634. The van der Waals surface area contributed by atoms with Crippen LogP contribution in [0.4, 0.5) is 5.69 Å². The molecule has 1 aromatic carbocycles. The van der Waals surface area contributed by atoms with Gasteiger partial charge in [-0.1, -0.05) is 35.9 Å². The van der Waals surface area contributed by atoms with Crippen LogP contribution < -0.4 is 5.32 Å². The molecule has 0 fully saturated rings. The zero-order valence-electron chi connectivity index (χ0n) is 10.5. The molecule has 0 spiro atoms. The second-order valence-electron chi connectivity index (χ2n) is 4.74. The highest BCUT2D eigenvalue weighted by atomic mass is 35.5. The first-order valence-corrected chi connectivity index (χ1v) is 6.54. The van der Waals surface area contributed by atoms with Gasteiger partial charge in [-0.2, -0.15) is 0 Å². The Morgan fingerprint density at radius 2 is 2.16 bits per heavy atom.